The van der Waals surface area contributed by atoms with Crippen LogP contribution in [0.1, 0.15) is 27.3 Å². The number of carbonyl (C=O) groups excluding carboxylic acids is 1. The molecule has 0 saturated heterocycles. The predicted molar refractivity (Wildman–Crippen MR) is 117 cm³/mol. The first-order chi connectivity index (χ1) is 14.6. The zero-order valence-electron chi connectivity index (χ0n) is 17.1. The van der Waals surface area contributed by atoms with Gasteiger partial charge in [0.1, 0.15) is 18.2 Å². The highest BCUT2D eigenvalue weighted by molar-refractivity contribution is 5.93. The van der Waals surface area contributed by atoms with Crippen molar-refractivity contribution in [2.45, 2.75) is 26.9 Å². The normalized spacial score (nSPS) is 10.9. The number of carbonyl (C=O) groups is 1. The van der Waals surface area contributed by atoms with E-state index in [0.717, 1.165) is 33.7 Å². The Morgan fingerprint density at radius 3 is 2.50 bits per heavy atom. The molecule has 4 rings (SSSR count). The van der Waals surface area contributed by atoms with Crippen molar-refractivity contribution in [1.82, 2.24) is 19.9 Å². The molecule has 0 spiro atoms. The Morgan fingerprint density at radius 2 is 1.73 bits per heavy atom. The van der Waals surface area contributed by atoms with E-state index in [-0.39, 0.29) is 5.91 Å². The van der Waals surface area contributed by atoms with E-state index in [1.54, 1.807) is 24.5 Å². The minimum atomic E-state index is -0.150. The lowest BCUT2D eigenvalue weighted by Crippen LogP contribution is -2.25. The van der Waals surface area contributed by atoms with Crippen LogP contribution in [0.15, 0.2) is 67.0 Å². The van der Waals surface area contributed by atoms with Crippen molar-refractivity contribution in [2.75, 3.05) is 6.61 Å². The summed E-state index contributed by atoms with van der Waals surface area (Å²) in [6, 6.07) is 17.5. The van der Waals surface area contributed by atoms with Crippen LogP contribution in [0.2, 0.25) is 0 Å². The van der Waals surface area contributed by atoms with Crippen molar-refractivity contribution in [3.8, 4) is 5.75 Å². The highest BCUT2D eigenvalue weighted by atomic mass is 16.5. The number of imidazole rings is 1. The van der Waals surface area contributed by atoms with Crippen molar-refractivity contribution < 1.29 is 9.53 Å². The summed E-state index contributed by atoms with van der Waals surface area (Å²) < 4.78 is 8.20. The molecule has 0 aliphatic rings. The Labute approximate surface area is 175 Å². The molecule has 1 amide bonds. The fourth-order valence-electron chi connectivity index (χ4n) is 3.54. The molecule has 0 saturated carbocycles. The summed E-state index contributed by atoms with van der Waals surface area (Å²) in [6.07, 6.45) is 3.21. The molecule has 30 heavy (non-hydrogen) atoms. The number of pyridine rings is 1. The number of para-hydroxylation sites is 3. The lowest BCUT2D eigenvalue weighted by molar-refractivity contribution is 0.0949. The van der Waals surface area contributed by atoms with Gasteiger partial charge in [-0.25, -0.2) is 4.98 Å². The van der Waals surface area contributed by atoms with Gasteiger partial charge >= 0.3 is 0 Å². The van der Waals surface area contributed by atoms with Gasteiger partial charge in [0.2, 0.25) is 0 Å². The minimum Gasteiger partial charge on any atom is -0.491 e. The van der Waals surface area contributed by atoms with Crippen LogP contribution in [0.4, 0.5) is 0 Å². The summed E-state index contributed by atoms with van der Waals surface area (Å²) in [5, 5.41) is 2.95. The van der Waals surface area contributed by atoms with Gasteiger partial charge in [-0.3, -0.25) is 9.78 Å². The number of ether oxygens (including phenoxy) is 1. The maximum absolute atomic E-state index is 12.4. The Kier molecular flexibility index (Phi) is 5.75. The van der Waals surface area contributed by atoms with Crippen molar-refractivity contribution in [3.05, 3.63) is 89.5 Å². The topological polar surface area (TPSA) is 69.0 Å². The molecule has 0 aliphatic carbocycles. The molecule has 6 nitrogen and oxygen atoms in total. The van der Waals surface area contributed by atoms with Gasteiger partial charge in [-0.2, -0.15) is 0 Å². The molecule has 0 radical (unpaired) electrons. The van der Waals surface area contributed by atoms with Gasteiger partial charge in [0, 0.05) is 18.0 Å². The largest absolute Gasteiger partial charge is 0.491 e. The van der Waals surface area contributed by atoms with Gasteiger partial charge < -0.3 is 14.6 Å². The van der Waals surface area contributed by atoms with E-state index in [1.807, 2.05) is 30.3 Å². The number of nitrogens with one attached hydrogen (secondary N) is 1. The molecule has 2 aromatic heterocycles. The van der Waals surface area contributed by atoms with Crippen LogP contribution in [0.25, 0.3) is 11.0 Å². The van der Waals surface area contributed by atoms with Gasteiger partial charge in [-0.05, 0) is 49.2 Å². The number of hydrogen-bond acceptors (Lipinski definition) is 4. The van der Waals surface area contributed by atoms with Crippen LogP contribution in [0.3, 0.4) is 0 Å². The number of nitrogens with zero attached hydrogens (tertiary/aromatic N) is 3. The van der Waals surface area contributed by atoms with Crippen LogP contribution in [0, 0.1) is 13.8 Å². The molecule has 0 aliphatic heterocycles. The Balaban J connectivity index is 1.51. The first kappa shape index (κ1) is 19.6. The van der Waals surface area contributed by atoms with Crippen molar-refractivity contribution in [2.24, 2.45) is 0 Å². The van der Waals surface area contributed by atoms with Crippen molar-refractivity contribution in [3.63, 3.8) is 0 Å². The molecule has 152 valence electrons. The van der Waals surface area contributed by atoms with E-state index in [0.29, 0.717) is 25.3 Å². The molecular weight excluding hydrogens is 376 g/mol. The van der Waals surface area contributed by atoms with E-state index < -0.39 is 0 Å². The third kappa shape index (κ3) is 4.17. The third-order valence-corrected chi connectivity index (χ3v) is 5.05. The molecule has 2 aromatic carbocycles. The SMILES string of the molecule is Cc1cccc(C)c1OCCn1c(CNC(=O)c2ccncc2)nc2ccccc21. The van der Waals surface area contributed by atoms with Gasteiger partial charge in [0.25, 0.3) is 5.91 Å². The van der Waals surface area contributed by atoms with Crippen LogP contribution in [0.5, 0.6) is 5.75 Å². The van der Waals surface area contributed by atoms with Gasteiger partial charge in [0.15, 0.2) is 0 Å². The summed E-state index contributed by atoms with van der Waals surface area (Å²) >= 11 is 0. The molecule has 0 bridgehead atoms. The first-order valence-electron chi connectivity index (χ1n) is 9.95. The van der Waals surface area contributed by atoms with Gasteiger partial charge in [0.05, 0.1) is 24.1 Å². The monoisotopic (exact) mass is 400 g/mol. The van der Waals surface area contributed by atoms with Gasteiger partial charge in [-0.1, -0.05) is 30.3 Å². The molecule has 4 aromatic rings. The summed E-state index contributed by atoms with van der Waals surface area (Å²) in [4.78, 5) is 21.1. The zero-order chi connectivity index (χ0) is 20.9. The Morgan fingerprint density at radius 1 is 1.00 bits per heavy atom. The average molecular weight is 400 g/mol. The predicted octanol–water partition coefficient (Wildman–Crippen LogP) is 4.06. The number of hydrogen-bond donors (Lipinski definition) is 1. The number of aromatic nitrogens is 3. The highest BCUT2D eigenvalue weighted by Crippen LogP contribution is 2.23. The molecular formula is C24H24N4O2. The van der Waals surface area contributed by atoms with Crippen LogP contribution >= 0.6 is 0 Å². The summed E-state index contributed by atoms with van der Waals surface area (Å²) in [5.74, 6) is 1.57. The molecule has 0 unspecified atom stereocenters. The quantitative estimate of drug-likeness (QED) is 0.508. The second-order valence-corrected chi connectivity index (χ2v) is 7.16. The Bertz CT molecular complexity index is 1150. The number of amides is 1. The molecule has 6 heteroatoms. The first-order valence-corrected chi connectivity index (χ1v) is 9.95. The van der Waals surface area contributed by atoms with E-state index in [4.69, 9.17) is 9.72 Å². The van der Waals surface area contributed by atoms with Crippen molar-refractivity contribution in [1.29, 1.82) is 0 Å². The number of aryl methyl sites for hydroxylation is 2. The molecule has 0 fully saturated rings. The lowest BCUT2D eigenvalue weighted by atomic mass is 10.1. The fraction of sp³-hybridized carbons (Fsp3) is 0.208. The maximum Gasteiger partial charge on any atom is 0.251 e. The smallest absolute Gasteiger partial charge is 0.251 e. The second-order valence-electron chi connectivity index (χ2n) is 7.16. The minimum absolute atomic E-state index is 0.150. The van der Waals surface area contributed by atoms with Crippen LogP contribution in [-0.4, -0.2) is 27.0 Å². The molecule has 2 heterocycles. The zero-order valence-corrected chi connectivity index (χ0v) is 17.1. The molecule has 0 atom stereocenters. The Hall–Kier alpha value is -3.67. The summed E-state index contributed by atoms with van der Waals surface area (Å²) in [5.41, 5.74) is 4.74. The van der Waals surface area contributed by atoms with Crippen LogP contribution < -0.4 is 10.1 Å². The maximum atomic E-state index is 12.4. The number of fused-ring (bicyclic) bond motifs is 1. The second kappa shape index (κ2) is 8.78. The summed E-state index contributed by atoms with van der Waals surface area (Å²) in [6.45, 7) is 5.58. The fourth-order valence-corrected chi connectivity index (χ4v) is 3.54. The number of rotatable bonds is 7. The lowest BCUT2D eigenvalue weighted by Gasteiger charge is -2.14. The van der Waals surface area contributed by atoms with Crippen molar-refractivity contribution >= 4 is 16.9 Å². The molecule has 1 N–H and O–H groups in total. The van der Waals surface area contributed by atoms with Gasteiger partial charge in [-0.15, -0.1) is 0 Å². The van der Waals surface area contributed by atoms with E-state index >= 15 is 0 Å². The van der Waals surface area contributed by atoms with E-state index in [2.05, 4.69) is 40.8 Å². The van der Waals surface area contributed by atoms with E-state index in [1.165, 1.54) is 0 Å². The average Bonchev–Trinajstić information content (AvgIpc) is 3.12. The number of benzene rings is 2. The summed E-state index contributed by atoms with van der Waals surface area (Å²) in [7, 11) is 0. The highest BCUT2D eigenvalue weighted by Gasteiger charge is 2.13. The third-order valence-electron chi connectivity index (χ3n) is 5.05. The van der Waals surface area contributed by atoms with Crippen LogP contribution in [-0.2, 0) is 13.1 Å². The standard InChI is InChI=1S/C24H24N4O2/c1-17-6-5-7-18(2)23(17)30-15-14-28-21-9-4-3-8-20(21)27-22(28)16-26-24(29)19-10-12-25-13-11-19/h3-13H,14-16H2,1-2H3,(H,26,29). The van der Waals surface area contributed by atoms with E-state index in [9.17, 15) is 4.79 Å².